The van der Waals surface area contributed by atoms with Crippen LogP contribution in [0.1, 0.15) is 25.3 Å². The molecule has 4 nitrogen and oxygen atoms in total. The molecule has 0 spiro atoms. The van der Waals surface area contributed by atoms with Crippen LogP contribution in [0.5, 0.6) is 5.75 Å². The molecule has 0 amide bonds. The Labute approximate surface area is 129 Å². The summed E-state index contributed by atoms with van der Waals surface area (Å²) in [4.78, 5) is 4.37. The molecular formula is C16H22N2O2S. The van der Waals surface area contributed by atoms with E-state index in [9.17, 15) is 5.11 Å². The van der Waals surface area contributed by atoms with Crippen molar-refractivity contribution in [3.05, 3.63) is 46.9 Å². The minimum Gasteiger partial charge on any atom is -0.491 e. The number of hydrogen-bond donors (Lipinski definition) is 2. The molecule has 2 unspecified atom stereocenters. The van der Waals surface area contributed by atoms with Crippen molar-refractivity contribution in [1.29, 1.82) is 0 Å². The summed E-state index contributed by atoms with van der Waals surface area (Å²) < 4.78 is 5.55. The lowest BCUT2D eigenvalue weighted by atomic mass is 9.99. The maximum absolute atomic E-state index is 10.1. The van der Waals surface area contributed by atoms with Gasteiger partial charge in [-0.3, -0.25) is 0 Å². The lowest BCUT2D eigenvalue weighted by molar-refractivity contribution is 0.0969. The van der Waals surface area contributed by atoms with Crippen LogP contribution in [0, 0.1) is 0 Å². The van der Waals surface area contributed by atoms with Gasteiger partial charge in [0.1, 0.15) is 23.5 Å². The summed E-state index contributed by atoms with van der Waals surface area (Å²) in [7, 11) is 0. The van der Waals surface area contributed by atoms with Crippen LogP contribution < -0.4 is 10.1 Å². The Hall–Kier alpha value is -1.43. The fraction of sp³-hybridized carbons (Fsp3) is 0.438. The second kappa shape index (κ2) is 7.54. The Morgan fingerprint density at radius 1 is 1.38 bits per heavy atom. The van der Waals surface area contributed by atoms with Gasteiger partial charge in [0.2, 0.25) is 0 Å². The first-order valence-corrected chi connectivity index (χ1v) is 8.03. The van der Waals surface area contributed by atoms with Crippen molar-refractivity contribution in [3.8, 4) is 5.75 Å². The van der Waals surface area contributed by atoms with E-state index in [-0.39, 0.29) is 12.1 Å². The molecule has 0 aliphatic carbocycles. The van der Waals surface area contributed by atoms with Gasteiger partial charge in [-0.05, 0) is 25.5 Å². The quantitative estimate of drug-likeness (QED) is 0.787. The third-order valence-corrected chi connectivity index (χ3v) is 4.56. The molecule has 0 aliphatic heterocycles. The van der Waals surface area contributed by atoms with Crippen molar-refractivity contribution in [3.63, 3.8) is 0 Å². The van der Waals surface area contributed by atoms with Crippen LogP contribution in [0.4, 0.5) is 0 Å². The van der Waals surface area contributed by atoms with Crippen molar-refractivity contribution >= 4 is 11.3 Å². The number of thiazole rings is 1. The number of aliphatic hydroxyl groups excluding tert-OH is 1. The van der Waals surface area contributed by atoms with Crippen LogP contribution >= 0.6 is 11.3 Å². The molecule has 2 aromatic rings. The molecule has 2 N–H and O–H groups in total. The summed E-state index contributed by atoms with van der Waals surface area (Å²) in [5.41, 5.74) is -0.206. The molecule has 0 fully saturated rings. The van der Waals surface area contributed by atoms with Crippen molar-refractivity contribution < 1.29 is 9.84 Å². The first kappa shape index (κ1) is 15.9. The largest absolute Gasteiger partial charge is 0.491 e. The fourth-order valence-corrected chi connectivity index (χ4v) is 2.81. The highest BCUT2D eigenvalue weighted by Gasteiger charge is 2.27. The van der Waals surface area contributed by atoms with Crippen LogP contribution in [0.25, 0.3) is 0 Å². The van der Waals surface area contributed by atoms with E-state index in [0.717, 1.165) is 17.2 Å². The normalized spacial score (nSPS) is 15.4. The maximum atomic E-state index is 10.1. The lowest BCUT2D eigenvalue weighted by Crippen LogP contribution is -2.44. The highest BCUT2D eigenvalue weighted by molar-refractivity contribution is 7.09. The molecule has 1 heterocycles. The molecule has 5 heteroatoms. The van der Waals surface area contributed by atoms with Crippen LogP contribution in [0.3, 0.4) is 0 Å². The van der Waals surface area contributed by atoms with Gasteiger partial charge in [-0.25, -0.2) is 4.98 Å². The highest BCUT2D eigenvalue weighted by Crippen LogP contribution is 2.26. The smallest absolute Gasteiger partial charge is 0.119 e. The zero-order valence-corrected chi connectivity index (χ0v) is 13.3. The molecule has 2 atom stereocenters. The Bertz CT molecular complexity index is 518. The van der Waals surface area contributed by atoms with Gasteiger partial charge in [0.05, 0.1) is 5.54 Å². The highest BCUT2D eigenvalue weighted by atomic mass is 32.1. The number of nitrogens with one attached hydrogen (secondary N) is 1. The molecular weight excluding hydrogens is 284 g/mol. The van der Waals surface area contributed by atoms with Gasteiger partial charge in [-0.2, -0.15) is 0 Å². The molecule has 0 bridgehead atoms. The number of para-hydroxylation sites is 1. The molecule has 114 valence electrons. The summed E-state index contributed by atoms with van der Waals surface area (Å²) >= 11 is 1.63. The molecule has 2 rings (SSSR count). The van der Waals surface area contributed by atoms with Gasteiger partial charge in [0, 0.05) is 18.1 Å². The van der Waals surface area contributed by atoms with Gasteiger partial charge < -0.3 is 15.2 Å². The minimum absolute atomic E-state index is 0.206. The standard InChI is InChI=1S/C16H22N2O2S/c1-3-16(2,15-17-9-10-21-15)18-11-13(19)12-20-14-7-5-4-6-8-14/h4-10,13,18-19H,3,11-12H2,1-2H3. The molecule has 0 saturated heterocycles. The predicted molar refractivity (Wildman–Crippen MR) is 85.7 cm³/mol. The van der Waals surface area contributed by atoms with Crippen molar-refractivity contribution in [2.45, 2.75) is 31.9 Å². The maximum Gasteiger partial charge on any atom is 0.119 e. The Morgan fingerprint density at radius 3 is 2.76 bits per heavy atom. The average molecular weight is 306 g/mol. The zero-order chi connectivity index (χ0) is 15.1. The molecule has 1 aromatic heterocycles. The fourth-order valence-electron chi connectivity index (χ4n) is 1.96. The van der Waals surface area contributed by atoms with Crippen LogP contribution in [-0.2, 0) is 5.54 Å². The molecule has 1 aromatic carbocycles. The van der Waals surface area contributed by atoms with Crippen molar-refractivity contribution in [2.24, 2.45) is 0 Å². The molecule has 0 radical (unpaired) electrons. The summed E-state index contributed by atoms with van der Waals surface area (Å²) in [5, 5.41) is 16.5. The predicted octanol–water partition coefficient (Wildman–Crippen LogP) is 2.80. The van der Waals surface area contributed by atoms with Gasteiger partial charge in [-0.1, -0.05) is 25.1 Å². The van der Waals surface area contributed by atoms with E-state index >= 15 is 0 Å². The van der Waals surface area contributed by atoms with Crippen LogP contribution in [-0.4, -0.2) is 29.3 Å². The Morgan fingerprint density at radius 2 is 2.14 bits per heavy atom. The summed E-state index contributed by atoms with van der Waals surface area (Å²) in [6, 6.07) is 9.52. The van der Waals surface area contributed by atoms with Gasteiger partial charge in [0.15, 0.2) is 0 Å². The van der Waals surface area contributed by atoms with E-state index in [1.165, 1.54) is 0 Å². The van der Waals surface area contributed by atoms with E-state index in [2.05, 4.69) is 24.1 Å². The molecule has 0 saturated carbocycles. The van der Waals surface area contributed by atoms with Gasteiger partial charge in [0.25, 0.3) is 0 Å². The van der Waals surface area contributed by atoms with Gasteiger partial charge in [-0.15, -0.1) is 11.3 Å². The average Bonchev–Trinajstić information content (AvgIpc) is 3.06. The van der Waals surface area contributed by atoms with Gasteiger partial charge >= 0.3 is 0 Å². The first-order chi connectivity index (χ1) is 10.1. The topological polar surface area (TPSA) is 54.4 Å². The number of benzene rings is 1. The SMILES string of the molecule is CCC(C)(NCC(O)COc1ccccc1)c1nccs1. The molecule has 21 heavy (non-hydrogen) atoms. The van der Waals surface area contributed by atoms with E-state index in [1.807, 2.05) is 41.9 Å². The first-order valence-electron chi connectivity index (χ1n) is 7.15. The van der Waals surface area contributed by atoms with E-state index in [1.54, 1.807) is 11.3 Å². The third kappa shape index (κ3) is 4.52. The Kier molecular flexibility index (Phi) is 5.73. The van der Waals surface area contributed by atoms with E-state index in [0.29, 0.717) is 6.54 Å². The second-order valence-electron chi connectivity index (χ2n) is 5.18. The molecule has 0 aliphatic rings. The monoisotopic (exact) mass is 306 g/mol. The minimum atomic E-state index is -0.559. The number of hydrogen-bond acceptors (Lipinski definition) is 5. The van der Waals surface area contributed by atoms with E-state index < -0.39 is 6.10 Å². The summed E-state index contributed by atoms with van der Waals surface area (Å²) in [5.74, 6) is 0.773. The van der Waals surface area contributed by atoms with Crippen molar-refractivity contribution in [1.82, 2.24) is 10.3 Å². The number of aromatic nitrogens is 1. The van der Waals surface area contributed by atoms with E-state index in [4.69, 9.17) is 4.74 Å². The van der Waals surface area contributed by atoms with Crippen LogP contribution in [0.2, 0.25) is 0 Å². The summed E-state index contributed by atoms with van der Waals surface area (Å²) in [6.45, 7) is 4.96. The summed E-state index contributed by atoms with van der Waals surface area (Å²) in [6.07, 6.45) is 2.16. The third-order valence-electron chi connectivity index (χ3n) is 3.52. The lowest BCUT2D eigenvalue weighted by Gasteiger charge is -2.28. The second-order valence-corrected chi connectivity index (χ2v) is 6.08. The zero-order valence-electron chi connectivity index (χ0n) is 12.5. The number of aliphatic hydroxyl groups is 1. The number of rotatable bonds is 8. The number of nitrogens with zero attached hydrogens (tertiary/aromatic N) is 1. The van der Waals surface area contributed by atoms with Crippen molar-refractivity contribution in [2.75, 3.05) is 13.2 Å². The Balaban J connectivity index is 1.81. The number of ether oxygens (including phenoxy) is 1. The van der Waals surface area contributed by atoms with Crippen LogP contribution in [0.15, 0.2) is 41.9 Å².